The van der Waals surface area contributed by atoms with Crippen LogP contribution in [0.1, 0.15) is 22.6 Å². The van der Waals surface area contributed by atoms with Gasteiger partial charge in [-0.3, -0.25) is 0 Å². The molecule has 0 bridgehead atoms. The van der Waals surface area contributed by atoms with Crippen molar-refractivity contribution in [2.24, 2.45) is 0 Å². The average Bonchev–Trinajstić information content (AvgIpc) is 3.21. The highest BCUT2D eigenvalue weighted by Gasteiger charge is 2.36. The maximum absolute atomic E-state index is 2.48. The number of hydrogen-bond acceptors (Lipinski definition) is 2. The van der Waals surface area contributed by atoms with E-state index in [1.54, 1.807) is 0 Å². The van der Waals surface area contributed by atoms with Crippen molar-refractivity contribution in [3.8, 4) is 0 Å². The van der Waals surface area contributed by atoms with E-state index in [1.807, 2.05) is 0 Å². The average molecular weight is 441 g/mol. The van der Waals surface area contributed by atoms with Crippen LogP contribution in [0.3, 0.4) is 0 Å². The molecular formula is C32H28N2. The fourth-order valence-corrected chi connectivity index (χ4v) is 5.19. The predicted octanol–water partition coefficient (Wildman–Crippen LogP) is 8.50. The van der Waals surface area contributed by atoms with Crippen molar-refractivity contribution in [1.82, 2.24) is 0 Å². The van der Waals surface area contributed by atoms with Gasteiger partial charge in [0.15, 0.2) is 0 Å². The molecule has 0 saturated carbocycles. The Kier molecular flexibility index (Phi) is 5.07. The Hall–Kier alpha value is -4.04. The van der Waals surface area contributed by atoms with Crippen molar-refractivity contribution in [1.29, 1.82) is 0 Å². The van der Waals surface area contributed by atoms with E-state index in [2.05, 4.69) is 145 Å². The fraction of sp³-hybridized carbons (Fsp3) is 0.125. The molecule has 0 amide bonds. The van der Waals surface area contributed by atoms with Crippen LogP contribution in [0.5, 0.6) is 0 Å². The second-order valence-corrected chi connectivity index (χ2v) is 9.24. The normalized spacial score (nSPS) is 18.0. The Morgan fingerprint density at radius 3 is 1.74 bits per heavy atom. The number of rotatable bonds is 4. The zero-order valence-electron chi connectivity index (χ0n) is 19.6. The number of allylic oxidation sites excluding steroid dienone is 2. The molecule has 34 heavy (non-hydrogen) atoms. The largest absolute Gasteiger partial charge is 0.333 e. The van der Waals surface area contributed by atoms with Crippen LogP contribution in [0.4, 0.5) is 28.4 Å². The van der Waals surface area contributed by atoms with Crippen molar-refractivity contribution in [2.45, 2.75) is 25.8 Å². The molecule has 0 aromatic heterocycles. The fourth-order valence-electron chi connectivity index (χ4n) is 5.19. The molecule has 1 aliphatic heterocycles. The molecule has 2 unspecified atom stereocenters. The van der Waals surface area contributed by atoms with Gasteiger partial charge in [0.2, 0.25) is 0 Å². The van der Waals surface area contributed by atoms with Crippen LogP contribution in [0, 0.1) is 13.8 Å². The summed E-state index contributed by atoms with van der Waals surface area (Å²) in [6, 6.07) is 35.6. The highest BCUT2D eigenvalue weighted by Crippen LogP contribution is 2.48. The minimum Gasteiger partial charge on any atom is -0.333 e. The first-order valence-corrected chi connectivity index (χ1v) is 12.0. The molecule has 0 N–H and O–H groups in total. The van der Waals surface area contributed by atoms with Crippen LogP contribution in [-0.4, -0.2) is 6.04 Å². The summed E-state index contributed by atoms with van der Waals surface area (Å²) in [5.74, 6) is 0.400. The summed E-state index contributed by atoms with van der Waals surface area (Å²) < 4.78 is 0. The van der Waals surface area contributed by atoms with Crippen molar-refractivity contribution >= 4 is 28.4 Å². The quantitative estimate of drug-likeness (QED) is 0.314. The number of fused-ring (bicyclic) bond motifs is 3. The van der Waals surface area contributed by atoms with Crippen molar-refractivity contribution in [2.75, 3.05) is 9.80 Å². The maximum atomic E-state index is 2.48. The highest BCUT2D eigenvalue weighted by molar-refractivity contribution is 5.80. The van der Waals surface area contributed by atoms with Crippen molar-refractivity contribution < 1.29 is 0 Å². The van der Waals surface area contributed by atoms with Gasteiger partial charge < -0.3 is 9.80 Å². The van der Waals surface area contributed by atoms with Gasteiger partial charge in [-0.1, -0.05) is 77.9 Å². The van der Waals surface area contributed by atoms with E-state index in [9.17, 15) is 0 Å². The Labute approximate surface area is 202 Å². The minimum atomic E-state index is 0.318. The molecule has 4 aromatic rings. The lowest BCUT2D eigenvalue weighted by Gasteiger charge is -2.30. The van der Waals surface area contributed by atoms with Crippen LogP contribution in [-0.2, 0) is 0 Å². The first-order chi connectivity index (χ1) is 16.7. The number of para-hydroxylation sites is 1. The monoisotopic (exact) mass is 440 g/mol. The molecule has 0 spiro atoms. The van der Waals surface area contributed by atoms with Crippen molar-refractivity contribution in [3.63, 3.8) is 0 Å². The van der Waals surface area contributed by atoms with E-state index in [4.69, 9.17) is 0 Å². The van der Waals surface area contributed by atoms with Crippen LogP contribution < -0.4 is 9.80 Å². The molecule has 1 heterocycles. The van der Waals surface area contributed by atoms with Gasteiger partial charge in [-0.05, 0) is 74.0 Å². The maximum Gasteiger partial charge on any atom is 0.0629 e. The second kappa shape index (κ2) is 8.39. The van der Waals surface area contributed by atoms with Gasteiger partial charge in [0.25, 0.3) is 0 Å². The molecule has 1 aliphatic carbocycles. The molecular weight excluding hydrogens is 412 g/mol. The zero-order chi connectivity index (χ0) is 23.1. The van der Waals surface area contributed by atoms with Crippen LogP contribution in [0.15, 0.2) is 121 Å². The van der Waals surface area contributed by atoms with E-state index in [1.165, 1.54) is 28.1 Å². The molecule has 0 fully saturated rings. The highest BCUT2D eigenvalue weighted by atomic mass is 15.2. The number of hydrogen-bond donors (Lipinski definition) is 0. The molecule has 0 saturated heterocycles. The molecule has 2 nitrogen and oxygen atoms in total. The lowest BCUT2D eigenvalue weighted by atomic mass is 9.91. The summed E-state index contributed by atoms with van der Waals surface area (Å²) in [6.45, 7) is 4.26. The minimum absolute atomic E-state index is 0.318. The summed E-state index contributed by atoms with van der Waals surface area (Å²) in [6.07, 6.45) is 8.99. The Morgan fingerprint density at radius 1 is 0.588 bits per heavy atom. The van der Waals surface area contributed by atoms with E-state index in [-0.39, 0.29) is 0 Å². The third-order valence-corrected chi connectivity index (χ3v) is 6.93. The smallest absolute Gasteiger partial charge is 0.0629 e. The van der Waals surface area contributed by atoms with Gasteiger partial charge in [0, 0.05) is 34.4 Å². The number of anilines is 5. The zero-order valence-corrected chi connectivity index (χ0v) is 19.6. The third-order valence-electron chi connectivity index (χ3n) is 6.93. The van der Waals surface area contributed by atoms with E-state index in [0.29, 0.717) is 12.0 Å². The molecule has 2 atom stereocenters. The molecule has 2 heteroatoms. The van der Waals surface area contributed by atoms with Gasteiger partial charge in [-0.2, -0.15) is 0 Å². The van der Waals surface area contributed by atoms with Crippen molar-refractivity contribution in [3.05, 3.63) is 138 Å². The summed E-state index contributed by atoms with van der Waals surface area (Å²) in [5.41, 5.74) is 9.92. The van der Waals surface area contributed by atoms with E-state index in [0.717, 1.165) is 17.1 Å². The van der Waals surface area contributed by atoms with Crippen LogP contribution in [0.25, 0.3) is 0 Å². The predicted molar refractivity (Wildman–Crippen MR) is 144 cm³/mol. The first kappa shape index (κ1) is 20.6. The van der Waals surface area contributed by atoms with Gasteiger partial charge >= 0.3 is 0 Å². The lowest BCUT2D eigenvalue weighted by molar-refractivity contribution is 0.745. The SMILES string of the molecule is Cc1ccc(N(c2ccc(C)cc2)c2ccc(N3c4ccccc4C4C=CC=CC43)cc2)cc1. The van der Waals surface area contributed by atoms with Crippen LogP contribution >= 0.6 is 0 Å². The molecule has 0 radical (unpaired) electrons. The summed E-state index contributed by atoms with van der Waals surface area (Å²) in [5, 5.41) is 0. The molecule has 2 aliphatic rings. The standard InChI is InChI=1S/C32H28N2/c1-23-11-15-25(16-12-23)33(26-17-13-24(2)14-18-26)27-19-21-28(22-20-27)34-31-9-5-3-7-29(31)30-8-4-6-10-32(30)34/h3-22,29,31H,1-2H3. The number of benzene rings is 4. The van der Waals surface area contributed by atoms with Gasteiger partial charge in [0.1, 0.15) is 0 Å². The number of aryl methyl sites for hydroxylation is 2. The Bertz CT molecular complexity index is 1320. The molecule has 166 valence electrons. The Morgan fingerprint density at radius 2 is 1.12 bits per heavy atom. The van der Waals surface area contributed by atoms with E-state index < -0.39 is 0 Å². The summed E-state index contributed by atoms with van der Waals surface area (Å²) in [7, 11) is 0. The summed E-state index contributed by atoms with van der Waals surface area (Å²) in [4.78, 5) is 4.80. The lowest BCUT2D eigenvalue weighted by Crippen LogP contribution is -2.28. The molecule has 4 aromatic carbocycles. The van der Waals surface area contributed by atoms with Gasteiger partial charge in [-0.25, -0.2) is 0 Å². The first-order valence-electron chi connectivity index (χ1n) is 12.0. The topological polar surface area (TPSA) is 6.48 Å². The van der Waals surface area contributed by atoms with Gasteiger partial charge in [-0.15, -0.1) is 0 Å². The van der Waals surface area contributed by atoms with Crippen LogP contribution in [0.2, 0.25) is 0 Å². The number of nitrogens with zero attached hydrogens (tertiary/aromatic N) is 2. The second-order valence-electron chi connectivity index (χ2n) is 9.24. The summed E-state index contributed by atoms with van der Waals surface area (Å²) >= 11 is 0. The van der Waals surface area contributed by atoms with E-state index >= 15 is 0 Å². The Balaban J connectivity index is 1.40. The third kappa shape index (κ3) is 3.52. The molecule has 6 rings (SSSR count). The van der Waals surface area contributed by atoms with Gasteiger partial charge in [0.05, 0.1) is 6.04 Å².